The Morgan fingerprint density at radius 2 is 1.66 bits per heavy atom. The summed E-state index contributed by atoms with van der Waals surface area (Å²) in [6.45, 7) is 3.13. The molecule has 0 atom stereocenters. The number of aromatic carboxylic acids is 1. The number of alkyl halides is 2. The van der Waals surface area contributed by atoms with Crippen molar-refractivity contribution in [2.75, 3.05) is 43.1 Å². The minimum absolute atomic E-state index is 0.132. The number of anilines is 2. The normalized spacial score (nSPS) is 15.7. The third-order valence-corrected chi connectivity index (χ3v) is 6.94. The van der Waals surface area contributed by atoms with Crippen LogP contribution in [0.5, 0.6) is 5.88 Å². The van der Waals surface area contributed by atoms with Gasteiger partial charge in [0.1, 0.15) is 5.69 Å². The molecule has 6 nitrogen and oxygen atoms in total. The molecule has 0 bridgehead atoms. The van der Waals surface area contributed by atoms with Crippen molar-refractivity contribution >= 4 is 17.3 Å². The molecule has 2 aliphatic rings. The Morgan fingerprint density at radius 1 is 1.03 bits per heavy atom. The number of benzene rings is 1. The maximum Gasteiger partial charge on any atom is 0.354 e. The molecule has 210 valence electrons. The minimum Gasteiger partial charge on any atom is -0.477 e. The Balaban J connectivity index is 0.000000212. The van der Waals surface area contributed by atoms with Crippen LogP contribution in [0.2, 0.25) is 0 Å². The molecule has 0 amide bonds. The second-order valence-corrected chi connectivity index (χ2v) is 10.5. The molecule has 1 N–H and O–H groups in total. The van der Waals surface area contributed by atoms with E-state index >= 15 is 0 Å². The Kier molecular flexibility index (Phi) is 11.6. The van der Waals surface area contributed by atoms with E-state index in [2.05, 4.69) is 54.2 Å². The molecule has 8 heteroatoms. The molecule has 2 heterocycles. The first-order valence-corrected chi connectivity index (χ1v) is 14.0. The van der Waals surface area contributed by atoms with E-state index in [-0.39, 0.29) is 24.7 Å². The number of ether oxygens (including phenoxy) is 1. The average molecular weight is 532 g/mol. The van der Waals surface area contributed by atoms with E-state index in [1.54, 1.807) is 0 Å². The highest BCUT2D eigenvalue weighted by molar-refractivity contribution is 5.86. The zero-order chi connectivity index (χ0) is 27.4. The molecule has 1 aromatic carbocycles. The highest BCUT2D eigenvalue weighted by Gasteiger charge is 2.45. The van der Waals surface area contributed by atoms with Crippen molar-refractivity contribution < 1.29 is 23.4 Å². The van der Waals surface area contributed by atoms with Crippen molar-refractivity contribution in [2.24, 2.45) is 5.92 Å². The van der Waals surface area contributed by atoms with Crippen LogP contribution in [0, 0.1) is 5.92 Å². The van der Waals surface area contributed by atoms with Crippen molar-refractivity contribution in [3.8, 4) is 5.88 Å². The van der Waals surface area contributed by atoms with Gasteiger partial charge in [0.2, 0.25) is 5.88 Å². The summed E-state index contributed by atoms with van der Waals surface area (Å²) in [7, 11) is 2.19. The number of unbranched alkanes of at least 4 members (excludes halogenated alkanes) is 7. The quantitative estimate of drug-likeness (QED) is 0.244. The second kappa shape index (κ2) is 14.9. The van der Waals surface area contributed by atoms with Gasteiger partial charge in [0.25, 0.3) is 5.92 Å². The van der Waals surface area contributed by atoms with Crippen LogP contribution in [0.4, 0.5) is 20.2 Å². The van der Waals surface area contributed by atoms with Crippen LogP contribution >= 0.6 is 0 Å². The summed E-state index contributed by atoms with van der Waals surface area (Å²) in [5, 5.41) is 8.93. The number of carboxylic acids is 1. The Morgan fingerprint density at radius 3 is 2.24 bits per heavy atom. The number of carbonyl (C=O) groups is 1. The first-order chi connectivity index (χ1) is 18.3. The fraction of sp³-hybridized carbons (Fsp3) is 0.600. The number of hydrogen-bond acceptors (Lipinski definition) is 5. The maximum absolute atomic E-state index is 12.9. The molecule has 1 aliphatic heterocycles. The molecule has 4 rings (SSSR count). The largest absolute Gasteiger partial charge is 0.477 e. The van der Waals surface area contributed by atoms with Gasteiger partial charge in [-0.1, -0.05) is 70.1 Å². The number of aromatic nitrogens is 1. The van der Waals surface area contributed by atoms with Crippen LogP contribution < -0.4 is 14.5 Å². The third-order valence-electron chi connectivity index (χ3n) is 6.94. The third kappa shape index (κ3) is 10.1. The molecule has 0 spiro atoms. The summed E-state index contributed by atoms with van der Waals surface area (Å²) in [5.74, 6) is -3.26. The maximum atomic E-state index is 12.9. The lowest BCUT2D eigenvalue weighted by molar-refractivity contribution is -0.0265. The number of pyridine rings is 1. The SMILES string of the molecule is CCCCCCCCCCN(C)c1ccccc1.O=C(O)c1ccc(N2CC(F)(F)C2)c(OCC2CC2)n1. The fourth-order valence-corrected chi connectivity index (χ4v) is 4.36. The highest BCUT2D eigenvalue weighted by atomic mass is 19.3. The smallest absolute Gasteiger partial charge is 0.354 e. The van der Waals surface area contributed by atoms with Gasteiger partial charge in [0.15, 0.2) is 5.69 Å². The minimum atomic E-state index is -2.70. The van der Waals surface area contributed by atoms with Crippen LogP contribution in [0.15, 0.2) is 42.5 Å². The van der Waals surface area contributed by atoms with Gasteiger partial charge in [-0.2, -0.15) is 0 Å². The monoisotopic (exact) mass is 531 g/mol. The van der Waals surface area contributed by atoms with Gasteiger partial charge < -0.3 is 19.6 Å². The lowest BCUT2D eigenvalue weighted by Crippen LogP contribution is -2.56. The summed E-state index contributed by atoms with van der Waals surface area (Å²) in [6, 6.07) is 13.5. The molecule has 38 heavy (non-hydrogen) atoms. The van der Waals surface area contributed by atoms with Crippen LogP contribution in [-0.4, -0.2) is 55.3 Å². The predicted octanol–water partition coefficient (Wildman–Crippen LogP) is 7.29. The van der Waals surface area contributed by atoms with Gasteiger partial charge in [0, 0.05) is 19.3 Å². The first kappa shape index (κ1) is 29.7. The number of nitrogens with zero attached hydrogens (tertiary/aromatic N) is 3. The number of hydrogen-bond donors (Lipinski definition) is 1. The van der Waals surface area contributed by atoms with Gasteiger partial charge in [-0.3, -0.25) is 0 Å². The van der Waals surface area contributed by atoms with Crippen LogP contribution in [0.1, 0.15) is 81.6 Å². The van der Waals surface area contributed by atoms with Crippen LogP contribution in [0.25, 0.3) is 0 Å². The summed E-state index contributed by atoms with van der Waals surface area (Å²) in [6.07, 6.45) is 13.3. The van der Waals surface area contributed by atoms with E-state index < -0.39 is 11.9 Å². The van der Waals surface area contributed by atoms with Crippen molar-refractivity contribution in [3.05, 3.63) is 48.2 Å². The number of para-hydroxylation sites is 1. The van der Waals surface area contributed by atoms with Crippen LogP contribution in [-0.2, 0) is 0 Å². The van der Waals surface area contributed by atoms with Crippen molar-refractivity contribution in [1.29, 1.82) is 0 Å². The molecule has 1 aliphatic carbocycles. The summed E-state index contributed by atoms with van der Waals surface area (Å²) in [4.78, 5) is 18.6. The topological polar surface area (TPSA) is 65.9 Å². The summed E-state index contributed by atoms with van der Waals surface area (Å²) < 4.78 is 31.4. The summed E-state index contributed by atoms with van der Waals surface area (Å²) in [5.41, 5.74) is 1.62. The van der Waals surface area contributed by atoms with E-state index in [0.29, 0.717) is 18.2 Å². The van der Waals surface area contributed by atoms with E-state index in [9.17, 15) is 13.6 Å². The average Bonchev–Trinajstić information content (AvgIpc) is 3.73. The van der Waals surface area contributed by atoms with Crippen molar-refractivity contribution in [3.63, 3.8) is 0 Å². The Hall–Kier alpha value is -2.90. The highest BCUT2D eigenvalue weighted by Crippen LogP contribution is 2.37. The lowest BCUT2D eigenvalue weighted by atomic mass is 10.1. The number of halogens is 2. The Bertz CT molecular complexity index is 978. The van der Waals surface area contributed by atoms with E-state index in [4.69, 9.17) is 9.84 Å². The number of carboxylic acid groups (broad SMARTS) is 1. The zero-order valence-electron chi connectivity index (χ0n) is 22.9. The number of rotatable bonds is 15. The zero-order valence-corrected chi connectivity index (χ0v) is 22.9. The molecule has 2 fully saturated rings. The van der Waals surface area contributed by atoms with E-state index in [1.165, 1.54) is 80.6 Å². The molecule has 0 unspecified atom stereocenters. The van der Waals surface area contributed by atoms with Gasteiger partial charge in [-0.25, -0.2) is 18.6 Å². The van der Waals surface area contributed by atoms with E-state index in [1.807, 2.05) is 0 Å². The summed E-state index contributed by atoms with van der Waals surface area (Å²) >= 11 is 0. The van der Waals surface area contributed by atoms with Gasteiger partial charge >= 0.3 is 5.97 Å². The molecule has 0 radical (unpaired) electrons. The second-order valence-electron chi connectivity index (χ2n) is 10.5. The lowest BCUT2D eigenvalue weighted by Gasteiger charge is -2.40. The molecule has 1 aromatic heterocycles. The van der Waals surface area contributed by atoms with Crippen LogP contribution in [0.3, 0.4) is 0 Å². The molecule has 2 aromatic rings. The Labute approximate surface area is 226 Å². The van der Waals surface area contributed by atoms with E-state index in [0.717, 1.165) is 12.8 Å². The molecular formula is C30H43F2N3O3. The standard InChI is InChI=1S/C17H29N.C13H14F2N2O3/c1-3-4-5-6-7-8-9-13-16-18(2)17-14-11-10-12-15-17;14-13(15)6-17(7-13)10-4-3-9(12(18)19)16-11(10)20-5-8-1-2-8/h10-12,14-15H,3-9,13,16H2,1-2H3;3-4,8H,1-2,5-7H2,(H,18,19). The molecule has 1 saturated carbocycles. The van der Waals surface area contributed by atoms with Crippen molar-refractivity contribution in [1.82, 2.24) is 4.98 Å². The predicted molar refractivity (Wildman–Crippen MR) is 149 cm³/mol. The molecular weight excluding hydrogens is 488 g/mol. The van der Waals surface area contributed by atoms with Gasteiger partial charge in [0.05, 0.1) is 19.7 Å². The first-order valence-electron chi connectivity index (χ1n) is 14.0. The fourth-order valence-electron chi connectivity index (χ4n) is 4.36. The van der Waals surface area contributed by atoms with Gasteiger partial charge in [-0.05, 0) is 49.4 Å². The van der Waals surface area contributed by atoms with Crippen molar-refractivity contribution in [2.45, 2.75) is 77.1 Å². The molecule has 1 saturated heterocycles. The van der Waals surface area contributed by atoms with Gasteiger partial charge in [-0.15, -0.1) is 0 Å².